The normalized spacial score (nSPS) is 11.2. The van der Waals surface area contributed by atoms with Crippen LogP contribution in [-0.2, 0) is 17.6 Å². The largest absolute Gasteiger partial charge is 0.496 e. The zero-order valence-corrected chi connectivity index (χ0v) is 18.3. The number of hydrogen-bond donors (Lipinski definition) is 2. The zero-order chi connectivity index (χ0) is 22.8. The van der Waals surface area contributed by atoms with Gasteiger partial charge in [0, 0.05) is 46.6 Å². The predicted octanol–water partition coefficient (Wildman–Crippen LogP) is 4.33. The lowest BCUT2D eigenvalue weighted by molar-refractivity contribution is -0.121. The Morgan fingerprint density at radius 1 is 1.12 bits per heavy atom. The van der Waals surface area contributed by atoms with Crippen LogP contribution in [0.15, 0.2) is 45.7 Å². The third kappa shape index (κ3) is 4.10. The number of methoxy groups -OCH3 is 1. The van der Waals surface area contributed by atoms with Crippen LogP contribution < -0.4 is 15.7 Å². The van der Waals surface area contributed by atoms with E-state index in [1.807, 2.05) is 32.2 Å². The third-order valence-corrected chi connectivity index (χ3v) is 5.92. The van der Waals surface area contributed by atoms with E-state index in [1.165, 1.54) is 12.1 Å². The number of nitrogens with one attached hydrogen (secondary N) is 2. The molecule has 0 saturated carbocycles. The van der Waals surface area contributed by atoms with Crippen molar-refractivity contribution < 1.29 is 18.3 Å². The molecule has 0 atom stereocenters. The molecule has 2 N–H and O–H groups in total. The number of halogens is 1. The fourth-order valence-corrected chi connectivity index (χ4v) is 4.10. The van der Waals surface area contributed by atoms with Gasteiger partial charge in [0.05, 0.1) is 7.11 Å². The van der Waals surface area contributed by atoms with E-state index < -0.39 is 5.63 Å². The summed E-state index contributed by atoms with van der Waals surface area (Å²) in [6, 6.07) is 8.31. The Kier molecular flexibility index (Phi) is 5.99. The summed E-state index contributed by atoms with van der Waals surface area (Å²) in [5.74, 6) is 0.214. The van der Waals surface area contributed by atoms with Crippen LogP contribution in [0.1, 0.15) is 28.7 Å². The summed E-state index contributed by atoms with van der Waals surface area (Å²) in [5, 5.41) is 4.53. The third-order valence-electron chi connectivity index (χ3n) is 5.92. The number of carbonyl (C=O) groups excluding carboxylic acids is 1. The molecule has 2 aromatic heterocycles. The van der Waals surface area contributed by atoms with E-state index in [1.54, 1.807) is 13.2 Å². The lowest BCUT2D eigenvalue weighted by Gasteiger charge is -2.11. The van der Waals surface area contributed by atoms with Gasteiger partial charge in [-0.25, -0.2) is 9.18 Å². The molecule has 4 aromatic rings. The number of fused-ring (bicyclic) bond motifs is 2. The number of amides is 1. The molecule has 0 bridgehead atoms. The van der Waals surface area contributed by atoms with Gasteiger partial charge in [-0.05, 0) is 68.1 Å². The van der Waals surface area contributed by atoms with Crippen LogP contribution in [0.4, 0.5) is 4.39 Å². The van der Waals surface area contributed by atoms with Crippen LogP contribution in [-0.4, -0.2) is 24.5 Å². The molecule has 0 aliphatic heterocycles. The van der Waals surface area contributed by atoms with E-state index >= 15 is 0 Å². The molecule has 0 saturated heterocycles. The summed E-state index contributed by atoms with van der Waals surface area (Å²) in [6.45, 7) is 4.14. The van der Waals surface area contributed by atoms with Crippen LogP contribution in [0.3, 0.4) is 0 Å². The van der Waals surface area contributed by atoms with Gasteiger partial charge in [0.25, 0.3) is 0 Å². The highest BCUT2D eigenvalue weighted by molar-refractivity contribution is 5.86. The summed E-state index contributed by atoms with van der Waals surface area (Å²) in [4.78, 5) is 28.0. The smallest absolute Gasteiger partial charge is 0.339 e. The maximum Gasteiger partial charge on any atom is 0.339 e. The van der Waals surface area contributed by atoms with E-state index in [2.05, 4.69) is 10.3 Å². The molecule has 1 amide bonds. The Labute approximate surface area is 184 Å². The molecule has 7 heteroatoms. The molecule has 0 radical (unpaired) electrons. The fourth-order valence-electron chi connectivity index (χ4n) is 4.10. The van der Waals surface area contributed by atoms with Crippen LogP contribution in [0, 0.1) is 19.7 Å². The Morgan fingerprint density at radius 2 is 1.94 bits per heavy atom. The SMILES string of the molecule is COc1ccc2c(C)c(CCC(=O)NCCc3c[nH]c4ccc(F)cc34)c(=O)oc2c1C. The first-order valence-corrected chi connectivity index (χ1v) is 10.5. The minimum Gasteiger partial charge on any atom is -0.496 e. The van der Waals surface area contributed by atoms with Crippen LogP contribution in [0.5, 0.6) is 5.75 Å². The second kappa shape index (κ2) is 8.86. The number of rotatable bonds is 7. The molecular weight excluding hydrogens is 411 g/mol. The average Bonchev–Trinajstić information content (AvgIpc) is 3.16. The second-order valence-electron chi connectivity index (χ2n) is 7.87. The fraction of sp³-hybridized carbons (Fsp3) is 0.280. The van der Waals surface area contributed by atoms with Gasteiger partial charge in [-0.2, -0.15) is 0 Å². The van der Waals surface area contributed by atoms with Gasteiger partial charge >= 0.3 is 5.63 Å². The van der Waals surface area contributed by atoms with Crippen molar-refractivity contribution in [1.82, 2.24) is 10.3 Å². The number of ether oxygens (including phenoxy) is 1. The summed E-state index contributed by atoms with van der Waals surface area (Å²) in [5.41, 5.74) is 3.97. The van der Waals surface area contributed by atoms with Gasteiger partial charge in [-0.1, -0.05) is 0 Å². The average molecular weight is 436 g/mol. The van der Waals surface area contributed by atoms with Gasteiger partial charge in [0.15, 0.2) is 0 Å². The summed E-state index contributed by atoms with van der Waals surface area (Å²) < 4.78 is 24.4. The molecule has 0 spiro atoms. The summed E-state index contributed by atoms with van der Waals surface area (Å²) >= 11 is 0. The van der Waals surface area contributed by atoms with Crippen molar-refractivity contribution in [3.8, 4) is 5.75 Å². The number of carbonyl (C=O) groups is 1. The Hall–Kier alpha value is -3.61. The molecule has 0 aliphatic carbocycles. The number of hydrogen-bond acceptors (Lipinski definition) is 4. The van der Waals surface area contributed by atoms with Crippen LogP contribution >= 0.6 is 0 Å². The van der Waals surface area contributed by atoms with Crippen molar-refractivity contribution >= 4 is 27.8 Å². The van der Waals surface area contributed by atoms with E-state index in [9.17, 15) is 14.0 Å². The van der Waals surface area contributed by atoms with Crippen molar-refractivity contribution in [3.63, 3.8) is 0 Å². The van der Waals surface area contributed by atoms with Crippen molar-refractivity contribution in [2.24, 2.45) is 0 Å². The minimum atomic E-state index is -0.431. The molecule has 2 heterocycles. The van der Waals surface area contributed by atoms with Crippen molar-refractivity contribution in [2.45, 2.75) is 33.1 Å². The van der Waals surface area contributed by atoms with E-state index in [0.29, 0.717) is 36.3 Å². The minimum absolute atomic E-state index is 0.152. The predicted molar refractivity (Wildman–Crippen MR) is 122 cm³/mol. The maximum atomic E-state index is 13.5. The number of aromatic amines is 1. The quantitative estimate of drug-likeness (QED) is 0.423. The molecule has 0 fully saturated rings. The van der Waals surface area contributed by atoms with E-state index in [-0.39, 0.29) is 18.1 Å². The van der Waals surface area contributed by atoms with Crippen molar-refractivity contribution in [1.29, 1.82) is 0 Å². The van der Waals surface area contributed by atoms with Gasteiger partial charge in [-0.3, -0.25) is 4.79 Å². The molecule has 6 nitrogen and oxygen atoms in total. The van der Waals surface area contributed by atoms with Crippen molar-refractivity contribution in [3.05, 3.63) is 75.0 Å². The van der Waals surface area contributed by atoms with Gasteiger partial charge < -0.3 is 19.5 Å². The topological polar surface area (TPSA) is 84.3 Å². The monoisotopic (exact) mass is 436 g/mol. The Bertz CT molecular complexity index is 1370. The number of aromatic nitrogens is 1. The molecular formula is C25H25FN2O4. The highest BCUT2D eigenvalue weighted by atomic mass is 19.1. The first-order valence-electron chi connectivity index (χ1n) is 10.5. The number of aryl methyl sites for hydroxylation is 2. The molecule has 166 valence electrons. The molecule has 0 unspecified atom stereocenters. The van der Waals surface area contributed by atoms with Crippen LogP contribution in [0.25, 0.3) is 21.9 Å². The number of benzene rings is 2. The molecule has 4 rings (SSSR count). The zero-order valence-electron chi connectivity index (χ0n) is 18.3. The number of H-pyrrole nitrogens is 1. The van der Waals surface area contributed by atoms with E-state index in [4.69, 9.17) is 9.15 Å². The molecule has 32 heavy (non-hydrogen) atoms. The maximum absolute atomic E-state index is 13.5. The molecule has 2 aromatic carbocycles. The Balaban J connectivity index is 1.40. The lowest BCUT2D eigenvalue weighted by atomic mass is 10.00. The van der Waals surface area contributed by atoms with E-state index in [0.717, 1.165) is 33.0 Å². The second-order valence-corrected chi connectivity index (χ2v) is 7.87. The van der Waals surface area contributed by atoms with Crippen LogP contribution in [0.2, 0.25) is 0 Å². The van der Waals surface area contributed by atoms with Gasteiger partial charge in [0.1, 0.15) is 17.1 Å². The highest BCUT2D eigenvalue weighted by Crippen LogP contribution is 2.29. The standard InChI is InChI=1S/C25H25FN2O4/c1-14-18-5-8-22(31-3)15(2)24(18)32-25(30)19(14)6-9-23(29)27-11-10-16-13-28-21-7-4-17(26)12-20(16)21/h4-5,7-8,12-13,28H,6,9-11H2,1-3H3,(H,27,29). The molecule has 0 aliphatic rings. The lowest BCUT2D eigenvalue weighted by Crippen LogP contribution is -2.26. The van der Waals surface area contributed by atoms with Crippen molar-refractivity contribution in [2.75, 3.05) is 13.7 Å². The van der Waals surface area contributed by atoms with Gasteiger partial charge in [-0.15, -0.1) is 0 Å². The summed E-state index contributed by atoms with van der Waals surface area (Å²) in [6.07, 6.45) is 2.87. The first kappa shape index (κ1) is 21.6. The Morgan fingerprint density at radius 3 is 2.72 bits per heavy atom. The first-order chi connectivity index (χ1) is 15.4. The highest BCUT2D eigenvalue weighted by Gasteiger charge is 2.16. The van der Waals surface area contributed by atoms with Gasteiger partial charge in [0.2, 0.25) is 5.91 Å². The summed E-state index contributed by atoms with van der Waals surface area (Å²) in [7, 11) is 1.57.